The van der Waals surface area contributed by atoms with Crippen LogP contribution in [0.25, 0.3) is 6.08 Å². The van der Waals surface area contributed by atoms with Crippen LogP contribution in [0.15, 0.2) is 66.2 Å². The number of hydrogen-bond acceptors (Lipinski definition) is 4. The summed E-state index contributed by atoms with van der Waals surface area (Å²) < 4.78 is 12.3. The van der Waals surface area contributed by atoms with Crippen molar-refractivity contribution in [2.45, 2.75) is 6.61 Å². The Balaban J connectivity index is 1.80. The zero-order valence-electron chi connectivity index (χ0n) is 16.9. The number of nitrogens with zero attached hydrogens (tertiary/aromatic N) is 1. The maximum Gasteiger partial charge on any atom is 0.266 e. The molecule has 0 saturated heterocycles. The van der Waals surface area contributed by atoms with E-state index in [2.05, 4.69) is 27.9 Å². The largest absolute Gasteiger partial charge is 0.493 e. The Labute approximate surface area is 209 Å². The molecule has 1 N–H and O–H groups in total. The number of rotatable bonds is 7. The molecule has 3 aromatic rings. The SMILES string of the molecule is COc1ccc(/C=C(\C#N)C(=O)Nc2ccc(I)cc2)cc1OCc1ccc(Cl)cc1Cl. The number of methoxy groups -OCH3 is 1. The van der Waals surface area contributed by atoms with Gasteiger partial charge in [-0.05, 0) is 82.8 Å². The van der Waals surface area contributed by atoms with E-state index in [0.29, 0.717) is 32.8 Å². The summed E-state index contributed by atoms with van der Waals surface area (Å²) in [7, 11) is 1.53. The molecular weight excluding hydrogens is 562 g/mol. The van der Waals surface area contributed by atoms with E-state index in [1.807, 2.05) is 18.2 Å². The fourth-order valence-electron chi connectivity index (χ4n) is 2.74. The van der Waals surface area contributed by atoms with Crippen LogP contribution in [0.3, 0.4) is 0 Å². The molecule has 3 aromatic carbocycles. The third-order valence-corrected chi connectivity index (χ3v) is 5.67. The molecule has 0 fully saturated rings. The van der Waals surface area contributed by atoms with Crippen LogP contribution < -0.4 is 14.8 Å². The van der Waals surface area contributed by atoms with Crippen molar-refractivity contribution in [3.8, 4) is 17.6 Å². The average Bonchev–Trinajstić information content (AvgIpc) is 2.78. The number of carbonyl (C=O) groups excluding carboxylic acids is 1. The number of benzene rings is 3. The van der Waals surface area contributed by atoms with Gasteiger partial charge in [0.15, 0.2) is 11.5 Å². The molecule has 0 heterocycles. The monoisotopic (exact) mass is 578 g/mol. The Hall–Kier alpha value is -2.73. The summed E-state index contributed by atoms with van der Waals surface area (Å²) in [6.07, 6.45) is 1.49. The fourth-order valence-corrected chi connectivity index (χ4v) is 3.56. The van der Waals surface area contributed by atoms with Gasteiger partial charge in [-0.2, -0.15) is 5.26 Å². The smallest absolute Gasteiger partial charge is 0.266 e. The van der Waals surface area contributed by atoms with E-state index >= 15 is 0 Å². The van der Waals surface area contributed by atoms with Crippen molar-refractivity contribution >= 4 is 63.5 Å². The summed E-state index contributed by atoms with van der Waals surface area (Å²) in [5.74, 6) is 0.455. The first-order chi connectivity index (χ1) is 15.4. The van der Waals surface area contributed by atoms with Crippen molar-refractivity contribution in [2.75, 3.05) is 12.4 Å². The first-order valence-electron chi connectivity index (χ1n) is 9.33. The maximum absolute atomic E-state index is 12.5. The van der Waals surface area contributed by atoms with Crippen LogP contribution in [0.2, 0.25) is 10.0 Å². The molecule has 5 nitrogen and oxygen atoms in total. The highest BCUT2D eigenvalue weighted by Crippen LogP contribution is 2.31. The van der Waals surface area contributed by atoms with Crippen LogP contribution in [-0.2, 0) is 11.4 Å². The lowest BCUT2D eigenvalue weighted by molar-refractivity contribution is -0.112. The Kier molecular flexibility index (Phi) is 8.39. The Morgan fingerprint density at radius 1 is 1.09 bits per heavy atom. The molecule has 0 aromatic heterocycles. The summed E-state index contributed by atoms with van der Waals surface area (Å²) in [5.41, 5.74) is 1.93. The minimum Gasteiger partial charge on any atom is -0.493 e. The Morgan fingerprint density at radius 3 is 2.50 bits per heavy atom. The second-order valence-electron chi connectivity index (χ2n) is 6.57. The second kappa shape index (κ2) is 11.2. The van der Waals surface area contributed by atoms with Gasteiger partial charge in [-0.1, -0.05) is 35.3 Å². The average molecular weight is 579 g/mol. The fraction of sp³-hybridized carbons (Fsp3) is 0.0833. The van der Waals surface area contributed by atoms with Crippen LogP contribution in [0.4, 0.5) is 5.69 Å². The third-order valence-electron chi connectivity index (χ3n) is 4.36. The normalized spacial score (nSPS) is 10.9. The number of hydrogen-bond donors (Lipinski definition) is 1. The highest BCUT2D eigenvalue weighted by Gasteiger charge is 2.12. The number of nitrogens with one attached hydrogen (secondary N) is 1. The molecule has 0 aliphatic rings. The standard InChI is InChI=1S/C24H17Cl2IN2O3/c1-31-22-9-2-15(11-23(22)32-14-16-3-4-18(25)12-21(16)26)10-17(13-28)24(30)29-20-7-5-19(27)6-8-20/h2-12H,14H2,1H3,(H,29,30)/b17-10+. The van der Waals surface area contributed by atoms with Crippen LogP contribution in [0.1, 0.15) is 11.1 Å². The van der Waals surface area contributed by atoms with E-state index < -0.39 is 5.91 Å². The number of halogens is 3. The molecule has 32 heavy (non-hydrogen) atoms. The Bertz CT molecular complexity index is 1200. The van der Waals surface area contributed by atoms with Crippen LogP contribution >= 0.6 is 45.8 Å². The predicted molar refractivity (Wildman–Crippen MR) is 135 cm³/mol. The van der Waals surface area contributed by atoms with Crippen LogP contribution in [0, 0.1) is 14.9 Å². The topological polar surface area (TPSA) is 71.3 Å². The van der Waals surface area contributed by atoms with Gasteiger partial charge in [0.1, 0.15) is 18.2 Å². The lowest BCUT2D eigenvalue weighted by atomic mass is 10.1. The van der Waals surface area contributed by atoms with E-state index in [0.717, 1.165) is 9.13 Å². The number of anilines is 1. The Morgan fingerprint density at radius 2 is 1.84 bits per heavy atom. The summed E-state index contributed by atoms with van der Waals surface area (Å²) in [5, 5.41) is 13.2. The van der Waals surface area contributed by atoms with Gasteiger partial charge in [0.05, 0.1) is 7.11 Å². The quantitative estimate of drug-likeness (QED) is 0.192. The highest BCUT2D eigenvalue weighted by atomic mass is 127. The van der Waals surface area contributed by atoms with E-state index in [4.69, 9.17) is 32.7 Å². The molecule has 0 aliphatic carbocycles. The van der Waals surface area contributed by atoms with Crippen molar-refractivity contribution in [1.82, 2.24) is 0 Å². The third kappa shape index (κ3) is 6.39. The highest BCUT2D eigenvalue weighted by molar-refractivity contribution is 14.1. The molecule has 0 saturated carbocycles. The molecule has 0 unspecified atom stereocenters. The van der Waals surface area contributed by atoms with Gasteiger partial charge in [-0.25, -0.2) is 0 Å². The summed E-state index contributed by atoms with van der Waals surface area (Å²) in [6.45, 7) is 0.192. The van der Waals surface area contributed by atoms with E-state index in [1.165, 1.54) is 13.2 Å². The zero-order chi connectivity index (χ0) is 23.1. The molecule has 162 valence electrons. The maximum atomic E-state index is 12.5. The minimum absolute atomic E-state index is 0.0413. The predicted octanol–water partition coefficient (Wildman–Crippen LogP) is 6.73. The van der Waals surface area contributed by atoms with Crippen molar-refractivity contribution in [3.05, 3.63) is 91.0 Å². The van der Waals surface area contributed by atoms with Gasteiger partial charge in [0, 0.05) is 24.9 Å². The lowest BCUT2D eigenvalue weighted by Crippen LogP contribution is -2.13. The second-order valence-corrected chi connectivity index (χ2v) is 8.65. The molecule has 3 rings (SSSR count). The van der Waals surface area contributed by atoms with Gasteiger partial charge >= 0.3 is 0 Å². The molecule has 0 radical (unpaired) electrons. The van der Waals surface area contributed by atoms with Crippen molar-refractivity contribution in [1.29, 1.82) is 5.26 Å². The number of nitriles is 1. The first-order valence-corrected chi connectivity index (χ1v) is 11.2. The number of carbonyl (C=O) groups is 1. The molecule has 0 atom stereocenters. The van der Waals surface area contributed by atoms with E-state index in [-0.39, 0.29) is 12.2 Å². The van der Waals surface area contributed by atoms with E-state index in [1.54, 1.807) is 48.5 Å². The molecule has 0 bridgehead atoms. The number of amides is 1. The first kappa shape index (κ1) is 23.9. The van der Waals surface area contributed by atoms with E-state index in [9.17, 15) is 10.1 Å². The van der Waals surface area contributed by atoms with Crippen LogP contribution in [0.5, 0.6) is 11.5 Å². The summed E-state index contributed by atoms with van der Waals surface area (Å²) in [4.78, 5) is 12.5. The van der Waals surface area contributed by atoms with Gasteiger partial charge in [0.25, 0.3) is 5.91 Å². The van der Waals surface area contributed by atoms with Gasteiger partial charge < -0.3 is 14.8 Å². The van der Waals surface area contributed by atoms with Crippen molar-refractivity contribution in [2.24, 2.45) is 0 Å². The van der Waals surface area contributed by atoms with Gasteiger partial charge in [-0.15, -0.1) is 0 Å². The van der Waals surface area contributed by atoms with Crippen LogP contribution in [-0.4, -0.2) is 13.0 Å². The van der Waals surface area contributed by atoms with Crippen molar-refractivity contribution < 1.29 is 14.3 Å². The zero-order valence-corrected chi connectivity index (χ0v) is 20.5. The number of ether oxygens (including phenoxy) is 2. The van der Waals surface area contributed by atoms with Gasteiger partial charge in [-0.3, -0.25) is 4.79 Å². The molecular formula is C24H17Cl2IN2O3. The minimum atomic E-state index is -0.500. The summed E-state index contributed by atoms with van der Waals surface area (Å²) >= 11 is 14.3. The summed E-state index contributed by atoms with van der Waals surface area (Å²) in [6, 6.07) is 19.5. The lowest BCUT2D eigenvalue weighted by Gasteiger charge is -2.12. The molecule has 1 amide bonds. The molecule has 8 heteroatoms. The van der Waals surface area contributed by atoms with Gasteiger partial charge in [0.2, 0.25) is 0 Å². The molecule has 0 spiro atoms. The van der Waals surface area contributed by atoms with Crippen molar-refractivity contribution in [3.63, 3.8) is 0 Å². The molecule has 0 aliphatic heterocycles.